The highest BCUT2D eigenvalue weighted by atomic mass is 32.2. The van der Waals surface area contributed by atoms with Crippen LogP contribution in [0.2, 0.25) is 0 Å². The van der Waals surface area contributed by atoms with E-state index >= 15 is 0 Å². The molecule has 3 aliphatic rings. The average Bonchev–Trinajstić information content (AvgIpc) is 3.45. The molecule has 0 aliphatic carbocycles. The summed E-state index contributed by atoms with van der Waals surface area (Å²) in [6.07, 6.45) is 7.23. The second-order valence-electron chi connectivity index (χ2n) is 11.9. The molecule has 6 rings (SSSR count). The van der Waals surface area contributed by atoms with Crippen molar-refractivity contribution in [2.24, 2.45) is 0 Å². The largest absolute Gasteiger partial charge is 0.505 e. The van der Waals surface area contributed by atoms with Crippen LogP contribution in [-0.4, -0.2) is 79.1 Å². The molecule has 12 nitrogen and oxygen atoms in total. The molecule has 1 aromatic heterocycles. The third-order valence-corrected chi connectivity index (χ3v) is 10.4. The number of allylic oxidation sites excluding steroid dienone is 1. The number of carbonyl (C=O) groups is 5. The van der Waals surface area contributed by atoms with Crippen LogP contribution in [0.15, 0.2) is 101 Å². The van der Waals surface area contributed by atoms with Crippen LogP contribution in [-0.2, 0) is 37.1 Å². The summed E-state index contributed by atoms with van der Waals surface area (Å²) in [6, 6.07) is 15.9. The first kappa shape index (κ1) is 35.4. The minimum absolute atomic E-state index is 0.0449. The summed E-state index contributed by atoms with van der Waals surface area (Å²) in [5.41, 5.74) is 2.65. The van der Waals surface area contributed by atoms with Gasteiger partial charge in [0, 0.05) is 48.3 Å². The Balaban J connectivity index is 1.02. The number of β-lactam (4-membered cyclic amide) rings is 1. The number of phenolic OH excluding ortho intramolecular Hbond substituents is 1. The van der Waals surface area contributed by atoms with E-state index in [4.69, 9.17) is 0 Å². The van der Waals surface area contributed by atoms with E-state index in [1.54, 1.807) is 45.5 Å². The lowest BCUT2D eigenvalue weighted by Gasteiger charge is -2.49. The topological polar surface area (TPSA) is 160 Å². The van der Waals surface area contributed by atoms with Crippen LogP contribution in [0.25, 0.3) is 6.08 Å². The maximum Gasteiger partial charge on any atom is 0.352 e. The fourth-order valence-electron chi connectivity index (χ4n) is 5.82. The third-order valence-electron chi connectivity index (χ3n) is 8.34. The third kappa shape index (κ3) is 8.32. The van der Waals surface area contributed by atoms with Crippen LogP contribution in [0, 0.1) is 5.82 Å². The molecule has 0 radical (unpaired) electrons. The van der Waals surface area contributed by atoms with Crippen molar-refractivity contribution in [1.82, 2.24) is 15.1 Å². The van der Waals surface area contributed by atoms with Gasteiger partial charge in [-0.2, -0.15) is 4.57 Å². The minimum atomic E-state index is -1.28. The summed E-state index contributed by atoms with van der Waals surface area (Å²) in [7, 11) is 0. The number of carbonyl (C=O) groups excluding carboxylic acids is 4. The Labute approximate surface area is 300 Å². The lowest BCUT2D eigenvalue weighted by molar-refractivity contribution is -0.684. The number of halogens is 1. The number of carboxylic acid groups (broad SMARTS) is 1. The Bertz CT molecular complexity index is 1970. The fraction of sp³-hybridized carbons (Fsp3) is 0.222. The zero-order valence-electron chi connectivity index (χ0n) is 27.0. The molecule has 0 saturated carbocycles. The predicted octanol–water partition coefficient (Wildman–Crippen LogP) is 3.26. The normalized spacial score (nSPS) is 19.4. The van der Waals surface area contributed by atoms with Gasteiger partial charge in [-0.05, 0) is 52.8 Å². The Morgan fingerprint density at radius 3 is 2.55 bits per heavy atom. The highest BCUT2D eigenvalue weighted by Crippen LogP contribution is 2.41. The number of anilines is 1. The molecule has 51 heavy (non-hydrogen) atoms. The summed E-state index contributed by atoms with van der Waals surface area (Å²) in [6.45, 7) is 0.673. The van der Waals surface area contributed by atoms with Gasteiger partial charge in [-0.1, -0.05) is 30.3 Å². The Kier molecular flexibility index (Phi) is 10.9. The number of pyridine rings is 1. The number of fused-ring (bicyclic) bond motifs is 1. The van der Waals surface area contributed by atoms with Crippen molar-refractivity contribution in [3.8, 4) is 5.75 Å². The van der Waals surface area contributed by atoms with E-state index in [-0.39, 0.29) is 41.2 Å². The van der Waals surface area contributed by atoms with Gasteiger partial charge in [-0.25, -0.2) is 9.18 Å². The molecule has 2 fully saturated rings. The molecular weight excluding hydrogens is 698 g/mol. The van der Waals surface area contributed by atoms with Crippen molar-refractivity contribution in [1.29, 1.82) is 0 Å². The molecule has 0 unspecified atom stereocenters. The van der Waals surface area contributed by atoms with Gasteiger partial charge in [0.25, 0.3) is 11.8 Å². The number of hydrogen-bond acceptors (Lipinski definition) is 8. The molecule has 15 heteroatoms. The number of phenols is 1. The highest BCUT2D eigenvalue weighted by molar-refractivity contribution is 8.02. The Hall–Kier alpha value is -5.41. The van der Waals surface area contributed by atoms with Gasteiger partial charge in [0.1, 0.15) is 17.1 Å². The number of carboxylic acids is 1. The second-order valence-corrected chi connectivity index (χ2v) is 13.9. The molecular formula is C36H33FN5O7S2+. The fourth-order valence-corrected chi connectivity index (χ4v) is 7.71. The maximum absolute atomic E-state index is 13.6. The molecule has 3 aromatic rings. The molecule has 2 atom stereocenters. The Morgan fingerprint density at radius 2 is 1.82 bits per heavy atom. The van der Waals surface area contributed by atoms with Crippen LogP contribution in [0.1, 0.15) is 17.5 Å². The number of thioether (sulfide) groups is 2. The standard InChI is InChI=1S/C36H32FN5O7S2/c37-27-17-26(6-7-28(27)43)38-29(44)19-40-12-8-23(9-13-40)18-41-14-10-24(33(41)46)16-25-20-51-35-31(34(47)42(35)32(25)36(48)49)39-30(45)21-50-15-11-22-4-2-1-3-5-22/h1-9,11-13,15-17,31,35H,10,14,18-21H2,(H3-,38,39,43,44,45,48,49)/p+1/b15-11-,24-16+/t31-,35-/m1/s1. The van der Waals surface area contributed by atoms with Gasteiger partial charge in [-0.15, -0.1) is 23.5 Å². The number of likely N-dealkylation sites (tertiary alicyclic amines) is 1. The number of aromatic hydroxyl groups is 1. The first-order chi connectivity index (χ1) is 24.6. The van der Waals surface area contributed by atoms with Crippen molar-refractivity contribution in [3.63, 3.8) is 0 Å². The van der Waals surface area contributed by atoms with Gasteiger partial charge < -0.3 is 25.7 Å². The van der Waals surface area contributed by atoms with Crippen molar-refractivity contribution in [3.05, 3.63) is 118 Å². The van der Waals surface area contributed by atoms with Crippen molar-refractivity contribution in [2.75, 3.05) is 23.4 Å². The summed E-state index contributed by atoms with van der Waals surface area (Å²) in [4.78, 5) is 66.6. The van der Waals surface area contributed by atoms with E-state index in [1.165, 1.54) is 34.5 Å². The highest BCUT2D eigenvalue weighted by Gasteiger charge is 2.54. The van der Waals surface area contributed by atoms with Gasteiger partial charge in [0.05, 0.1) is 5.75 Å². The van der Waals surface area contributed by atoms with Crippen molar-refractivity contribution in [2.45, 2.75) is 30.9 Å². The maximum atomic E-state index is 13.6. The number of rotatable bonds is 12. The second kappa shape index (κ2) is 15.6. The number of nitrogens with one attached hydrogen (secondary N) is 2. The molecule has 2 aromatic carbocycles. The Morgan fingerprint density at radius 1 is 1.06 bits per heavy atom. The van der Waals surface area contributed by atoms with E-state index < -0.39 is 40.8 Å². The van der Waals surface area contributed by atoms with Gasteiger partial charge in [0.15, 0.2) is 24.0 Å². The molecule has 4 amide bonds. The zero-order chi connectivity index (χ0) is 36.1. The first-order valence-corrected chi connectivity index (χ1v) is 18.0. The molecule has 4 N–H and O–H groups in total. The van der Waals surface area contributed by atoms with Crippen LogP contribution < -0.4 is 15.2 Å². The van der Waals surface area contributed by atoms with E-state index in [9.17, 15) is 38.6 Å². The molecule has 0 bridgehead atoms. The summed E-state index contributed by atoms with van der Waals surface area (Å²) >= 11 is 2.63. The van der Waals surface area contributed by atoms with Crippen molar-refractivity contribution < 1.29 is 43.1 Å². The smallest absolute Gasteiger partial charge is 0.352 e. The number of nitrogens with zero attached hydrogens (tertiary/aromatic N) is 3. The van der Waals surface area contributed by atoms with Gasteiger partial charge in [0.2, 0.25) is 18.4 Å². The molecule has 2 saturated heterocycles. The number of aliphatic carboxylic acids is 1. The monoisotopic (exact) mass is 730 g/mol. The predicted molar refractivity (Wildman–Crippen MR) is 189 cm³/mol. The molecule has 262 valence electrons. The average molecular weight is 731 g/mol. The van der Waals surface area contributed by atoms with Gasteiger partial charge >= 0.3 is 5.97 Å². The molecule has 3 aliphatic heterocycles. The van der Waals surface area contributed by atoms with E-state index in [1.807, 2.05) is 36.4 Å². The van der Waals surface area contributed by atoms with E-state index in [0.717, 1.165) is 23.3 Å². The van der Waals surface area contributed by atoms with Crippen molar-refractivity contribution >= 4 is 64.9 Å². The molecule has 4 heterocycles. The molecule has 0 spiro atoms. The lowest BCUT2D eigenvalue weighted by Crippen LogP contribution is -2.70. The van der Waals surface area contributed by atoms with Crippen LogP contribution in [0.4, 0.5) is 10.1 Å². The lowest BCUT2D eigenvalue weighted by atomic mass is 10.0. The zero-order valence-corrected chi connectivity index (χ0v) is 28.7. The minimum Gasteiger partial charge on any atom is -0.505 e. The summed E-state index contributed by atoms with van der Waals surface area (Å²) < 4.78 is 15.2. The number of benzene rings is 2. The quantitative estimate of drug-likeness (QED) is 0.0950. The van der Waals surface area contributed by atoms with Gasteiger partial charge in [-0.3, -0.25) is 24.1 Å². The number of amides is 4. The van der Waals surface area contributed by atoms with Crippen LogP contribution >= 0.6 is 23.5 Å². The van der Waals surface area contributed by atoms with E-state index in [0.29, 0.717) is 30.7 Å². The SMILES string of the molecule is O=C(C[n+]1ccc(CN2CC/C(=C\C3=C(C(=O)O)N4C(=O)[C@@H](NC(=O)CS/C=C\c5ccccc5)[C@H]4SC3)C2=O)cc1)Nc1ccc(O)c(F)c1. The number of aromatic nitrogens is 1. The van der Waals surface area contributed by atoms with E-state index in [2.05, 4.69) is 10.6 Å². The first-order valence-electron chi connectivity index (χ1n) is 15.9. The number of hydrogen-bond donors (Lipinski definition) is 4. The van der Waals surface area contributed by atoms with Crippen LogP contribution in [0.5, 0.6) is 5.75 Å². The summed E-state index contributed by atoms with van der Waals surface area (Å²) in [5, 5.41) is 25.9. The summed E-state index contributed by atoms with van der Waals surface area (Å²) in [5.74, 6) is -3.75. The van der Waals surface area contributed by atoms with Crippen LogP contribution in [0.3, 0.4) is 0 Å².